The predicted octanol–water partition coefficient (Wildman–Crippen LogP) is 3.64. The van der Waals surface area contributed by atoms with E-state index < -0.39 is 0 Å². The molecule has 3 rings (SSSR count). The molecule has 1 nitrogen and oxygen atoms in total. The lowest BCUT2D eigenvalue weighted by atomic mass is 9.75. The SMILES string of the molecule is C[C@]12CCC3(C=C1CCC2=O)SCCCS3. The number of Topliss-reactive ketones (excluding diaryl/α,β-unsaturated/α-hetero) is 1. The lowest BCUT2D eigenvalue weighted by Gasteiger charge is -2.41. The van der Waals surface area contributed by atoms with Gasteiger partial charge in [-0.3, -0.25) is 4.79 Å². The van der Waals surface area contributed by atoms with Gasteiger partial charge in [0.05, 0.1) is 4.08 Å². The summed E-state index contributed by atoms with van der Waals surface area (Å²) in [5, 5.41) is 0. The molecule has 1 saturated heterocycles. The number of thioether (sulfide) groups is 2. The summed E-state index contributed by atoms with van der Waals surface area (Å²) >= 11 is 4.22. The Morgan fingerprint density at radius 1 is 1.19 bits per heavy atom. The second kappa shape index (κ2) is 3.81. The molecule has 0 bridgehead atoms. The van der Waals surface area contributed by atoms with Gasteiger partial charge in [0.15, 0.2) is 0 Å². The molecule has 0 unspecified atom stereocenters. The number of hydrogen-bond donors (Lipinski definition) is 0. The Morgan fingerprint density at radius 2 is 1.94 bits per heavy atom. The van der Waals surface area contributed by atoms with Crippen LogP contribution >= 0.6 is 23.5 Å². The summed E-state index contributed by atoms with van der Waals surface area (Å²) in [6.45, 7) is 2.17. The van der Waals surface area contributed by atoms with E-state index in [0.29, 0.717) is 9.86 Å². The molecule has 0 radical (unpaired) electrons. The Labute approximate surface area is 106 Å². The average molecular weight is 254 g/mol. The van der Waals surface area contributed by atoms with Crippen molar-refractivity contribution >= 4 is 29.3 Å². The van der Waals surface area contributed by atoms with Crippen LogP contribution in [0.25, 0.3) is 0 Å². The zero-order chi connectivity index (χ0) is 11.2. The van der Waals surface area contributed by atoms with Crippen LogP contribution in [0.15, 0.2) is 11.6 Å². The summed E-state index contributed by atoms with van der Waals surface area (Å²) in [6, 6.07) is 0. The van der Waals surface area contributed by atoms with E-state index in [1.807, 2.05) is 0 Å². The number of carbonyl (C=O) groups excluding carboxylic acids is 1. The van der Waals surface area contributed by atoms with Gasteiger partial charge in [-0.05, 0) is 44.1 Å². The van der Waals surface area contributed by atoms with Crippen molar-refractivity contribution < 1.29 is 4.79 Å². The van der Waals surface area contributed by atoms with Crippen molar-refractivity contribution in [3.8, 4) is 0 Å². The van der Waals surface area contributed by atoms with Gasteiger partial charge >= 0.3 is 0 Å². The van der Waals surface area contributed by atoms with E-state index in [0.717, 1.165) is 19.3 Å². The van der Waals surface area contributed by atoms with Gasteiger partial charge in [-0.25, -0.2) is 0 Å². The van der Waals surface area contributed by atoms with E-state index in [1.54, 1.807) is 0 Å². The molecule has 88 valence electrons. The lowest BCUT2D eigenvalue weighted by molar-refractivity contribution is -0.124. The Hall–Kier alpha value is 0.110. The van der Waals surface area contributed by atoms with Gasteiger partial charge in [0, 0.05) is 11.8 Å². The monoisotopic (exact) mass is 254 g/mol. The van der Waals surface area contributed by atoms with Crippen molar-refractivity contribution in [2.24, 2.45) is 5.41 Å². The van der Waals surface area contributed by atoms with Crippen LogP contribution in [0, 0.1) is 5.41 Å². The van der Waals surface area contributed by atoms with Crippen LogP contribution in [0.5, 0.6) is 0 Å². The number of hydrogen-bond acceptors (Lipinski definition) is 3. The molecule has 1 atom stereocenters. The third-order valence-corrected chi connectivity index (χ3v) is 7.61. The number of allylic oxidation sites excluding steroid dienone is 1. The minimum Gasteiger partial charge on any atom is -0.299 e. The summed E-state index contributed by atoms with van der Waals surface area (Å²) in [7, 11) is 0. The van der Waals surface area contributed by atoms with Crippen molar-refractivity contribution in [3.05, 3.63) is 11.6 Å². The highest BCUT2D eigenvalue weighted by molar-refractivity contribution is 8.19. The fraction of sp³-hybridized carbons (Fsp3) is 0.769. The number of ketones is 1. The largest absolute Gasteiger partial charge is 0.299 e. The van der Waals surface area contributed by atoms with Crippen LogP contribution in [-0.4, -0.2) is 21.4 Å². The van der Waals surface area contributed by atoms with Gasteiger partial charge in [-0.2, -0.15) is 0 Å². The van der Waals surface area contributed by atoms with Gasteiger partial charge < -0.3 is 0 Å². The first kappa shape index (κ1) is 11.2. The maximum absolute atomic E-state index is 11.9. The van der Waals surface area contributed by atoms with Gasteiger partial charge in [0.1, 0.15) is 5.78 Å². The molecule has 0 N–H and O–H groups in total. The maximum atomic E-state index is 11.9. The van der Waals surface area contributed by atoms with Crippen molar-refractivity contribution in [2.45, 2.75) is 43.1 Å². The molecule has 1 aliphatic heterocycles. The fourth-order valence-corrected chi connectivity index (χ4v) is 6.32. The van der Waals surface area contributed by atoms with Crippen molar-refractivity contribution in [1.82, 2.24) is 0 Å². The minimum atomic E-state index is -0.0795. The molecule has 0 aromatic carbocycles. The molecular weight excluding hydrogens is 236 g/mol. The molecule has 3 aliphatic rings. The normalized spacial score (nSPS) is 37.3. The minimum absolute atomic E-state index is 0.0795. The molecule has 2 aliphatic carbocycles. The van der Waals surface area contributed by atoms with Crippen LogP contribution in [-0.2, 0) is 4.79 Å². The van der Waals surface area contributed by atoms with E-state index in [-0.39, 0.29) is 5.41 Å². The van der Waals surface area contributed by atoms with Crippen LogP contribution in [0.3, 0.4) is 0 Å². The average Bonchev–Trinajstić information content (AvgIpc) is 2.58. The maximum Gasteiger partial charge on any atom is 0.143 e. The highest BCUT2D eigenvalue weighted by Gasteiger charge is 2.48. The highest BCUT2D eigenvalue weighted by Crippen LogP contribution is 2.57. The predicted molar refractivity (Wildman–Crippen MR) is 71.9 cm³/mol. The Morgan fingerprint density at radius 3 is 2.69 bits per heavy atom. The van der Waals surface area contributed by atoms with E-state index in [4.69, 9.17) is 0 Å². The van der Waals surface area contributed by atoms with E-state index in [2.05, 4.69) is 36.5 Å². The number of carbonyl (C=O) groups is 1. The zero-order valence-corrected chi connectivity index (χ0v) is 11.4. The molecule has 0 amide bonds. The molecule has 2 fully saturated rings. The van der Waals surface area contributed by atoms with Gasteiger partial charge in [-0.1, -0.05) is 11.6 Å². The van der Waals surface area contributed by atoms with Crippen molar-refractivity contribution in [2.75, 3.05) is 11.5 Å². The Kier molecular flexibility index (Phi) is 2.67. The summed E-state index contributed by atoms with van der Waals surface area (Å²) < 4.78 is 0.331. The third kappa shape index (κ3) is 1.59. The summed E-state index contributed by atoms with van der Waals surface area (Å²) in [5.41, 5.74) is 1.37. The van der Waals surface area contributed by atoms with Gasteiger partial charge in [0.25, 0.3) is 0 Å². The molecule has 1 heterocycles. The quantitative estimate of drug-likeness (QED) is 0.614. The first-order chi connectivity index (χ1) is 7.65. The van der Waals surface area contributed by atoms with Crippen LogP contribution < -0.4 is 0 Å². The summed E-state index contributed by atoms with van der Waals surface area (Å²) in [5.74, 6) is 3.07. The molecule has 16 heavy (non-hydrogen) atoms. The molecule has 3 heteroatoms. The standard InChI is InChI=1S/C13H18OS2/c1-12-5-6-13(15-7-2-8-16-13)9-10(12)3-4-11(12)14/h9H,2-8H2,1H3/t12-/m0/s1. The highest BCUT2D eigenvalue weighted by atomic mass is 32.2. The smallest absolute Gasteiger partial charge is 0.143 e. The van der Waals surface area contributed by atoms with Gasteiger partial charge in [0.2, 0.25) is 0 Å². The molecule has 1 spiro atoms. The molecular formula is C13H18OS2. The van der Waals surface area contributed by atoms with Gasteiger partial charge in [-0.15, -0.1) is 23.5 Å². The first-order valence-electron chi connectivity index (χ1n) is 6.18. The van der Waals surface area contributed by atoms with Crippen LogP contribution in [0.2, 0.25) is 0 Å². The van der Waals surface area contributed by atoms with E-state index in [9.17, 15) is 4.79 Å². The molecule has 0 aromatic rings. The Bertz CT molecular complexity index is 355. The summed E-state index contributed by atoms with van der Waals surface area (Å²) in [6.07, 6.45) is 7.89. The zero-order valence-electron chi connectivity index (χ0n) is 9.75. The Balaban J connectivity index is 1.93. The summed E-state index contributed by atoms with van der Waals surface area (Å²) in [4.78, 5) is 11.9. The van der Waals surface area contributed by atoms with Crippen molar-refractivity contribution in [3.63, 3.8) is 0 Å². The lowest BCUT2D eigenvalue weighted by Crippen LogP contribution is -2.35. The van der Waals surface area contributed by atoms with Crippen LogP contribution in [0.1, 0.15) is 39.0 Å². The van der Waals surface area contributed by atoms with Crippen molar-refractivity contribution in [1.29, 1.82) is 0 Å². The number of rotatable bonds is 0. The van der Waals surface area contributed by atoms with Crippen LogP contribution in [0.4, 0.5) is 0 Å². The first-order valence-corrected chi connectivity index (χ1v) is 8.15. The second-order valence-corrected chi connectivity index (χ2v) is 8.40. The van der Waals surface area contributed by atoms with E-state index >= 15 is 0 Å². The van der Waals surface area contributed by atoms with E-state index in [1.165, 1.54) is 29.9 Å². The molecule has 0 aromatic heterocycles. The topological polar surface area (TPSA) is 17.1 Å². The number of fused-ring (bicyclic) bond motifs is 1. The second-order valence-electron chi connectivity index (χ2n) is 5.29. The fourth-order valence-electron chi connectivity index (χ4n) is 3.09. The molecule has 1 saturated carbocycles. The third-order valence-electron chi connectivity index (χ3n) is 4.29.